The van der Waals surface area contributed by atoms with E-state index >= 15 is 0 Å². The summed E-state index contributed by atoms with van der Waals surface area (Å²) in [6.07, 6.45) is 1.58. The molecule has 0 spiro atoms. The molecule has 0 radical (unpaired) electrons. The third-order valence-electron chi connectivity index (χ3n) is 3.79. The average molecular weight is 269 g/mol. The molecule has 19 heavy (non-hydrogen) atoms. The maximum atomic E-state index is 12.3. The number of hydrogen-bond donors (Lipinski definition) is 1. The molecule has 2 saturated heterocycles. The van der Waals surface area contributed by atoms with Gasteiger partial charge >= 0.3 is 0 Å². The van der Waals surface area contributed by atoms with Crippen LogP contribution in [0.1, 0.15) is 19.3 Å². The highest BCUT2D eigenvalue weighted by Gasteiger charge is 2.35. The van der Waals surface area contributed by atoms with Crippen molar-refractivity contribution in [3.05, 3.63) is 0 Å². The maximum Gasteiger partial charge on any atom is 0.242 e. The molecule has 0 bridgehead atoms. The Balaban J connectivity index is 1.94. The third-order valence-corrected chi connectivity index (χ3v) is 3.79. The van der Waals surface area contributed by atoms with E-state index in [4.69, 9.17) is 0 Å². The van der Waals surface area contributed by atoms with Gasteiger partial charge in [0.2, 0.25) is 11.8 Å². The molecule has 0 saturated carbocycles. The first-order chi connectivity index (χ1) is 8.97. The molecule has 1 N–H and O–H groups in total. The van der Waals surface area contributed by atoms with Gasteiger partial charge < -0.3 is 19.8 Å². The van der Waals surface area contributed by atoms with Crippen molar-refractivity contribution in [2.75, 3.05) is 40.3 Å². The lowest BCUT2D eigenvalue weighted by Gasteiger charge is -2.28. The van der Waals surface area contributed by atoms with E-state index < -0.39 is 6.10 Å². The van der Waals surface area contributed by atoms with Gasteiger partial charge in [-0.2, -0.15) is 0 Å². The molecule has 2 aliphatic heterocycles. The van der Waals surface area contributed by atoms with Crippen LogP contribution in [0.25, 0.3) is 0 Å². The minimum absolute atomic E-state index is 0.0429. The van der Waals surface area contributed by atoms with Gasteiger partial charge in [-0.05, 0) is 26.9 Å². The van der Waals surface area contributed by atoms with Gasteiger partial charge in [0, 0.05) is 32.1 Å². The summed E-state index contributed by atoms with van der Waals surface area (Å²) >= 11 is 0. The molecule has 2 heterocycles. The van der Waals surface area contributed by atoms with Crippen molar-refractivity contribution in [1.29, 1.82) is 0 Å². The van der Waals surface area contributed by atoms with Gasteiger partial charge in [0.05, 0.1) is 12.6 Å². The molecular formula is C13H23N3O3. The average Bonchev–Trinajstić information content (AvgIpc) is 2.85. The molecule has 0 aromatic carbocycles. The van der Waals surface area contributed by atoms with Crippen molar-refractivity contribution in [3.63, 3.8) is 0 Å². The second-order valence-electron chi connectivity index (χ2n) is 5.77. The number of nitrogens with zero attached hydrogens (tertiary/aromatic N) is 3. The molecule has 2 fully saturated rings. The van der Waals surface area contributed by atoms with E-state index in [1.807, 2.05) is 19.0 Å². The predicted molar refractivity (Wildman–Crippen MR) is 70.5 cm³/mol. The molecule has 0 aliphatic carbocycles. The number of aliphatic hydroxyl groups is 1. The van der Waals surface area contributed by atoms with Crippen molar-refractivity contribution in [2.24, 2.45) is 0 Å². The van der Waals surface area contributed by atoms with E-state index in [2.05, 4.69) is 0 Å². The summed E-state index contributed by atoms with van der Waals surface area (Å²) in [5.74, 6) is 0.0240. The van der Waals surface area contributed by atoms with Crippen LogP contribution in [0.5, 0.6) is 0 Å². The van der Waals surface area contributed by atoms with E-state index in [0.29, 0.717) is 25.9 Å². The Bertz CT molecular complexity index is 359. The molecular weight excluding hydrogens is 246 g/mol. The zero-order chi connectivity index (χ0) is 14.0. The monoisotopic (exact) mass is 269 g/mol. The van der Waals surface area contributed by atoms with E-state index in [-0.39, 0.29) is 24.4 Å². The van der Waals surface area contributed by atoms with Crippen molar-refractivity contribution in [2.45, 2.75) is 31.4 Å². The lowest BCUT2D eigenvalue weighted by molar-refractivity contribution is -0.139. The number of likely N-dealkylation sites (tertiary alicyclic amines) is 2. The van der Waals surface area contributed by atoms with Gasteiger partial charge in [-0.15, -0.1) is 0 Å². The highest BCUT2D eigenvalue weighted by Crippen LogP contribution is 2.19. The van der Waals surface area contributed by atoms with Crippen LogP contribution in [-0.4, -0.2) is 84.0 Å². The van der Waals surface area contributed by atoms with Crippen LogP contribution in [-0.2, 0) is 9.59 Å². The zero-order valence-corrected chi connectivity index (χ0v) is 11.7. The third kappa shape index (κ3) is 3.45. The van der Waals surface area contributed by atoms with Gasteiger partial charge in [0.1, 0.15) is 0 Å². The molecule has 0 aromatic rings. The van der Waals surface area contributed by atoms with Crippen LogP contribution in [0.4, 0.5) is 0 Å². The SMILES string of the molecule is CN(C)CC1CC(O)CN1C(=O)CN1CCCC1=O. The van der Waals surface area contributed by atoms with Crippen LogP contribution >= 0.6 is 0 Å². The highest BCUT2D eigenvalue weighted by atomic mass is 16.3. The predicted octanol–water partition coefficient (Wildman–Crippen LogP) is -0.868. The van der Waals surface area contributed by atoms with E-state index in [1.165, 1.54) is 0 Å². The van der Waals surface area contributed by atoms with Crippen molar-refractivity contribution >= 4 is 11.8 Å². The minimum Gasteiger partial charge on any atom is -0.391 e. The zero-order valence-electron chi connectivity index (χ0n) is 11.7. The molecule has 2 rings (SSSR count). The number of aliphatic hydroxyl groups excluding tert-OH is 1. The molecule has 2 unspecified atom stereocenters. The Morgan fingerprint density at radius 3 is 2.79 bits per heavy atom. The van der Waals surface area contributed by atoms with Gasteiger partial charge in [-0.3, -0.25) is 9.59 Å². The number of carbonyl (C=O) groups excluding carboxylic acids is 2. The molecule has 2 atom stereocenters. The molecule has 0 aromatic heterocycles. The summed E-state index contributed by atoms with van der Waals surface area (Å²) in [7, 11) is 3.91. The summed E-state index contributed by atoms with van der Waals surface area (Å²) in [6, 6.07) is 0.0511. The van der Waals surface area contributed by atoms with E-state index in [9.17, 15) is 14.7 Å². The lowest BCUT2D eigenvalue weighted by Crippen LogP contribution is -2.46. The first-order valence-corrected chi connectivity index (χ1v) is 6.87. The number of β-amino-alcohol motifs (C(OH)–C–C–N with tert-alkyl or cyclic N) is 1. The number of amides is 2. The first kappa shape index (κ1) is 14.3. The topological polar surface area (TPSA) is 64.1 Å². The Hall–Kier alpha value is -1.14. The Kier molecular flexibility index (Phi) is 4.42. The maximum absolute atomic E-state index is 12.3. The van der Waals surface area contributed by atoms with Crippen LogP contribution in [0, 0.1) is 0 Å². The molecule has 6 nitrogen and oxygen atoms in total. The summed E-state index contributed by atoms with van der Waals surface area (Å²) in [6.45, 7) is 1.98. The minimum atomic E-state index is -0.442. The molecule has 2 amide bonds. The lowest BCUT2D eigenvalue weighted by atomic mass is 10.2. The largest absolute Gasteiger partial charge is 0.391 e. The standard InChI is InChI=1S/C13H23N3O3/c1-14(2)7-10-6-11(17)8-16(10)13(19)9-15-5-3-4-12(15)18/h10-11,17H,3-9H2,1-2H3. The highest BCUT2D eigenvalue weighted by molar-refractivity contribution is 5.86. The van der Waals surface area contributed by atoms with Gasteiger partial charge in [-0.25, -0.2) is 0 Å². The quantitative estimate of drug-likeness (QED) is 0.721. The van der Waals surface area contributed by atoms with Crippen LogP contribution < -0.4 is 0 Å². The first-order valence-electron chi connectivity index (χ1n) is 6.87. The van der Waals surface area contributed by atoms with E-state index in [1.54, 1.807) is 9.80 Å². The van der Waals surface area contributed by atoms with Crippen LogP contribution in [0.2, 0.25) is 0 Å². The van der Waals surface area contributed by atoms with Crippen molar-refractivity contribution < 1.29 is 14.7 Å². The molecule has 108 valence electrons. The fourth-order valence-electron chi connectivity index (χ4n) is 2.92. The van der Waals surface area contributed by atoms with Gasteiger partial charge in [0.25, 0.3) is 0 Å². The number of rotatable bonds is 4. The second-order valence-corrected chi connectivity index (χ2v) is 5.77. The summed E-state index contributed by atoms with van der Waals surface area (Å²) < 4.78 is 0. The Morgan fingerprint density at radius 2 is 2.21 bits per heavy atom. The Morgan fingerprint density at radius 1 is 1.47 bits per heavy atom. The van der Waals surface area contributed by atoms with Crippen LogP contribution in [0.3, 0.4) is 0 Å². The van der Waals surface area contributed by atoms with Crippen molar-refractivity contribution in [3.8, 4) is 0 Å². The fourth-order valence-corrected chi connectivity index (χ4v) is 2.92. The molecule has 2 aliphatic rings. The van der Waals surface area contributed by atoms with E-state index in [0.717, 1.165) is 13.0 Å². The normalized spacial score (nSPS) is 27.7. The van der Waals surface area contributed by atoms with Crippen LogP contribution in [0.15, 0.2) is 0 Å². The van der Waals surface area contributed by atoms with Gasteiger partial charge in [0.15, 0.2) is 0 Å². The number of hydrogen-bond acceptors (Lipinski definition) is 4. The number of likely N-dealkylation sites (N-methyl/N-ethyl adjacent to an activating group) is 1. The Labute approximate surface area is 114 Å². The molecule has 6 heteroatoms. The van der Waals surface area contributed by atoms with Crippen molar-refractivity contribution in [1.82, 2.24) is 14.7 Å². The summed E-state index contributed by atoms with van der Waals surface area (Å²) in [5, 5.41) is 9.75. The summed E-state index contributed by atoms with van der Waals surface area (Å²) in [5.41, 5.74) is 0. The van der Waals surface area contributed by atoms with Gasteiger partial charge in [-0.1, -0.05) is 0 Å². The summed E-state index contributed by atoms with van der Waals surface area (Å²) in [4.78, 5) is 29.2. The second kappa shape index (κ2) is 5.88. The number of carbonyl (C=O) groups is 2. The fraction of sp³-hybridized carbons (Fsp3) is 0.846. The smallest absolute Gasteiger partial charge is 0.242 e.